The van der Waals surface area contributed by atoms with Gasteiger partial charge in [0.25, 0.3) is 0 Å². The van der Waals surface area contributed by atoms with E-state index in [1.165, 1.54) is 6.07 Å². The number of rotatable bonds is 4. The lowest BCUT2D eigenvalue weighted by atomic mass is 10.1. The molecule has 0 N–H and O–H groups in total. The van der Waals surface area contributed by atoms with Gasteiger partial charge in [-0.05, 0) is 38.0 Å². The van der Waals surface area contributed by atoms with Gasteiger partial charge in [-0.1, -0.05) is 19.4 Å². The van der Waals surface area contributed by atoms with E-state index in [9.17, 15) is 4.39 Å². The van der Waals surface area contributed by atoms with Crippen molar-refractivity contribution in [2.24, 2.45) is 0 Å². The predicted molar refractivity (Wildman–Crippen MR) is 60.7 cm³/mol. The first kappa shape index (κ1) is 12.5. The Bertz CT molecular complexity index is 407. The summed E-state index contributed by atoms with van der Waals surface area (Å²) in [6.07, 6.45) is 1.87. The summed E-state index contributed by atoms with van der Waals surface area (Å²) in [4.78, 5) is 0. The van der Waals surface area contributed by atoms with Gasteiger partial charge >= 0.3 is 0 Å². The summed E-state index contributed by atoms with van der Waals surface area (Å²) in [5, 5.41) is 8.82. The zero-order chi connectivity index (χ0) is 12.2. The van der Waals surface area contributed by atoms with Crippen molar-refractivity contribution in [1.82, 2.24) is 0 Å². The largest absolute Gasteiger partial charge is 0.470 e. The highest BCUT2D eigenvalue weighted by Gasteiger charge is 2.20. The third-order valence-electron chi connectivity index (χ3n) is 2.17. The van der Waals surface area contributed by atoms with Crippen LogP contribution in [0.1, 0.15) is 32.8 Å². The highest BCUT2D eigenvalue weighted by Crippen LogP contribution is 2.23. The van der Waals surface area contributed by atoms with Crippen LogP contribution in [0.25, 0.3) is 0 Å². The number of hydrogen-bond acceptors (Lipinski definition) is 2. The van der Waals surface area contributed by atoms with E-state index in [1.807, 2.05) is 6.07 Å². The van der Waals surface area contributed by atoms with Crippen LogP contribution in [0.3, 0.4) is 0 Å². The molecule has 3 heteroatoms. The minimum absolute atomic E-state index is 0.150. The third kappa shape index (κ3) is 3.23. The van der Waals surface area contributed by atoms with E-state index in [0.29, 0.717) is 0 Å². The van der Waals surface area contributed by atoms with Crippen molar-refractivity contribution in [3.63, 3.8) is 0 Å². The van der Waals surface area contributed by atoms with Gasteiger partial charge in [0.2, 0.25) is 0 Å². The first-order valence-corrected chi connectivity index (χ1v) is 5.37. The fraction of sp³-hybridized carbons (Fsp3) is 0.462. The van der Waals surface area contributed by atoms with Gasteiger partial charge in [0.15, 0.2) is 17.2 Å². The van der Waals surface area contributed by atoms with E-state index >= 15 is 0 Å². The number of hydrogen-bond donors (Lipinski definition) is 0. The van der Waals surface area contributed by atoms with E-state index < -0.39 is 11.4 Å². The van der Waals surface area contributed by atoms with Gasteiger partial charge in [-0.3, -0.25) is 0 Å². The number of halogens is 1. The van der Waals surface area contributed by atoms with Crippen molar-refractivity contribution in [2.45, 2.75) is 39.2 Å². The minimum atomic E-state index is -1.01. The van der Waals surface area contributed by atoms with Crippen LogP contribution in [0.4, 0.5) is 4.39 Å². The van der Waals surface area contributed by atoms with Gasteiger partial charge in [-0.2, -0.15) is 5.26 Å². The smallest absolute Gasteiger partial charge is 0.188 e. The molecule has 0 saturated heterocycles. The first-order valence-electron chi connectivity index (χ1n) is 5.37. The Morgan fingerprint density at radius 2 is 2.12 bits per heavy atom. The van der Waals surface area contributed by atoms with E-state index in [0.717, 1.165) is 18.4 Å². The molecule has 2 nitrogen and oxygen atoms in total. The molecule has 1 rings (SSSR count). The standard InChI is InChI=1S/C13H16FNO/c1-4-5-10-6-7-11(14)12(8-10)16-13(2,3)9-15/h6-8H,4-5H2,1-3H3. The number of aryl methyl sites for hydroxylation is 1. The molecule has 86 valence electrons. The Morgan fingerprint density at radius 3 is 2.69 bits per heavy atom. The van der Waals surface area contributed by atoms with Gasteiger partial charge in [0.05, 0.1) is 0 Å². The van der Waals surface area contributed by atoms with Gasteiger partial charge in [0.1, 0.15) is 6.07 Å². The highest BCUT2D eigenvalue weighted by atomic mass is 19.1. The van der Waals surface area contributed by atoms with Crippen molar-refractivity contribution < 1.29 is 9.13 Å². The molecule has 0 bridgehead atoms. The molecule has 0 fully saturated rings. The summed E-state index contributed by atoms with van der Waals surface area (Å²) in [6.45, 7) is 5.28. The molecule has 0 heterocycles. The minimum Gasteiger partial charge on any atom is -0.470 e. The molecule has 0 saturated carbocycles. The van der Waals surface area contributed by atoms with Crippen molar-refractivity contribution in [3.8, 4) is 11.8 Å². The van der Waals surface area contributed by atoms with Crippen LogP contribution in [0.5, 0.6) is 5.75 Å². The van der Waals surface area contributed by atoms with Gasteiger partial charge in [-0.15, -0.1) is 0 Å². The van der Waals surface area contributed by atoms with Gasteiger partial charge < -0.3 is 4.74 Å². The average molecular weight is 221 g/mol. The maximum Gasteiger partial charge on any atom is 0.188 e. The van der Waals surface area contributed by atoms with E-state index in [2.05, 4.69) is 6.92 Å². The summed E-state index contributed by atoms with van der Waals surface area (Å²) >= 11 is 0. The number of benzene rings is 1. The fourth-order valence-electron chi connectivity index (χ4n) is 1.37. The molecule has 0 aromatic heterocycles. The molecular weight excluding hydrogens is 205 g/mol. The average Bonchev–Trinajstić information content (AvgIpc) is 2.23. The van der Waals surface area contributed by atoms with Crippen molar-refractivity contribution >= 4 is 0 Å². The maximum atomic E-state index is 13.4. The van der Waals surface area contributed by atoms with E-state index in [-0.39, 0.29) is 5.75 Å². The van der Waals surface area contributed by atoms with Gasteiger partial charge in [0, 0.05) is 0 Å². The lowest BCUT2D eigenvalue weighted by Gasteiger charge is -2.19. The van der Waals surface area contributed by atoms with Crippen LogP contribution in [0.15, 0.2) is 18.2 Å². The monoisotopic (exact) mass is 221 g/mol. The topological polar surface area (TPSA) is 33.0 Å². The van der Waals surface area contributed by atoms with Crippen LogP contribution in [-0.2, 0) is 6.42 Å². The second-order valence-corrected chi connectivity index (χ2v) is 4.24. The Labute approximate surface area is 95.7 Å². The first-order chi connectivity index (χ1) is 7.48. The molecule has 0 unspecified atom stereocenters. The lowest BCUT2D eigenvalue weighted by Crippen LogP contribution is -2.26. The SMILES string of the molecule is CCCc1ccc(F)c(OC(C)(C)C#N)c1. The number of nitriles is 1. The lowest BCUT2D eigenvalue weighted by molar-refractivity contribution is 0.162. The Hall–Kier alpha value is -1.56. The Balaban J connectivity index is 2.95. The molecule has 1 aromatic carbocycles. The zero-order valence-electron chi connectivity index (χ0n) is 9.88. The van der Waals surface area contributed by atoms with E-state index in [1.54, 1.807) is 26.0 Å². The zero-order valence-corrected chi connectivity index (χ0v) is 9.88. The van der Waals surface area contributed by atoms with Crippen LogP contribution < -0.4 is 4.74 Å². The molecule has 1 aromatic rings. The molecule has 0 amide bonds. The van der Waals surface area contributed by atoms with Crippen LogP contribution >= 0.6 is 0 Å². The van der Waals surface area contributed by atoms with Crippen LogP contribution in [-0.4, -0.2) is 5.60 Å². The molecule has 0 aliphatic heterocycles. The molecule has 0 spiro atoms. The summed E-state index contributed by atoms with van der Waals surface area (Å²) in [5.74, 6) is -0.277. The number of ether oxygens (including phenoxy) is 1. The molecular formula is C13H16FNO. The quantitative estimate of drug-likeness (QED) is 0.780. The van der Waals surface area contributed by atoms with Crippen molar-refractivity contribution in [1.29, 1.82) is 5.26 Å². The number of nitrogens with zero attached hydrogens (tertiary/aromatic N) is 1. The summed E-state index contributed by atoms with van der Waals surface area (Å²) in [5.41, 5.74) is 0.0127. The normalized spacial score (nSPS) is 10.9. The second-order valence-electron chi connectivity index (χ2n) is 4.24. The van der Waals surface area contributed by atoms with E-state index in [4.69, 9.17) is 10.00 Å². The Kier molecular flexibility index (Phi) is 3.89. The second kappa shape index (κ2) is 4.98. The van der Waals surface area contributed by atoms with Crippen LogP contribution in [0.2, 0.25) is 0 Å². The van der Waals surface area contributed by atoms with Crippen molar-refractivity contribution in [3.05, 3.63) is 29.6 Å². The van der Waals surface area contributed by atoms with Crippen LogP contribution in [0, 0.1) is 17.1 Å². The Morgan fingerprint density at radius 1 is 1.44 bits per heavy atom. The highest BCUT2D eigenvalue weighted by molar-refractivity contribution is 5.31. The maximum absolute atomic E-state index is 13.4. The molecule has 0 aliphatic carbocycles. The predicted octanol–water partition coefficient (Wildman–Crippen LogP) is 3.46. The molecule has 0 atom stereocenters. The van der Waals surface area contributed by atoms with Gasteiger partial charge in [-0.25, -0.2) is 4.39 Å². The summed E-state index contributed by atoms with van der Waals surface area (Å²) in [6, 6.07) is 6.77. The molecule has 0 aliphatic rings. The molecule has 0 radical (unpaired) electrons. The van der Waals surface area contributed by atoms with Crippen molar-refractivity contribution in [2.75, 3.05) is 0 Å². The molecule has 16 heavy (non-hydrogen) atoms. The third-order valence-corrected chi connectivity index (χ3v) is 2.17. The summed E-state index contributed by atoms with van der Waals surface area (Å²) < 4.78 is 18.8. The fourth-order valence-corrected chi connectivity index (χ4v) is 1.37. The summed E-state index contributed by atoms with van der Waals surface area (Å²) in [7, 11) is 0.